The predicted molar refractivity (Wildman–Crippen MR) is 74.9 cm³/mol. The predicted octanol–water partition coefficient (Wildman–Crippen LogP) is 4.42. The number of fused-ring (bicyclic) bond motifs is 3. The molecule has 0 saturated carbocycles. The quantitative estimate of drug-likeness (QED) is 0.502. The van der Waals surface area contributed by atoms with E-state index >= 15 is 0 Å². The highest BCUT2D eigenvalue weighted by molar-refractivity contribution is 7.98. The lowest BCUT2D eigenvalue weighted by Gasteiger charge is -2.07. The number of thioether (sulfide) groups is 1. The zero-order valence-corrected chi connectivity index (χ0v) is 10.3. The lowest BCUT2D eigenvalue weighted by Crippen LogP contribution is -1.80. The van der Waals surface area contributed by atoms with Gasteiger partial charge in [-0.25, -0.2) is 0 Å². The molecule has 3 aromatic rings. The summed E-state index contributed by atoms with van der Waals surface area (Å²) in [5, 5.41) is 14.6. The fraction of sp³-hybridized carbons (Fsp3) is 0.0667. The zero-order chi connectivity index (χ0) is 11.8. The molecule has 0 aliphatic carbocycles. The Labute approximate surface area is 104 Å². The van der Waals surface area contributed by atoms with Crippen LogP contribution in [0.1, 0.15) is 0 Å². The van der Waals surface area contributed by atoms with E-state index in [9.17, 15) is 5.11 Å². The summed E-state index contributed by atoms with van der Waals surface area (Å²) < 4.78 is 0. The van der Waals surface area contributed by atoms with Crippen LogP contribution in [0.5, 0.6) is 5.75 Å². The third-order valence-electron chi connectivity index (χ3n) is 3.04. The molecule has 0 saturated heterocycles. The van der Waals surface area contributed by atoms with Crippen LogP contribution >= 0.6 is 11.8 Å². The highest BCUT2D eigenvalue weighted by Gasteiger charge is 2.05. The molecule has 0 aliphatic rings. The lowest BCUT2D eigenvalue weighted by atomic mass is 10.0. The maximum Gasteiger partial charge on any atom is 0.129 e. The van der Waals surface area contributed by atoms with Crippen molar-refractivity contribution in [1.29, 1.82) is 0 Å². The Morgan fingerprint density at radius 3 is 2.47 bits per heavy atom. The van der Waals surface area contributed by atoms with E-state index in [1.165, 1.54) is 16.2 Å². The molecular formula is C15H12OS. The van der Waals surface area contributed by atoms with Crippen molar-refractivity contribution in [2.24, 2.45) is 0 Å². The van der Waals surface area contributed by atoms with Gasteiger partial charge in [-0.05, 0) is 39.9 Å². The van der Waals surface area contributed by atoms with Crippen molar-refractivity contribution in [2.45, 2.75) is 4.90 Å². The summed E-state index contributed by atoms with van der Waals surface area (Å²) in [6.45, 7) is 0. The van der Waals surface area contributed by atoms with Crippen LogP contribution in [0.25, 0.3) is 21.5 Å². The van der Waals surface area contributed by atoms with E-state index in [-0.39, 0.29) is 0 Å². The second kappa shape index (κ2) is 3.97. The minimum absolute atomic E-state index is 0.361. The minimum Gasteiger partial charge on any atom is -0.507 e. The molecule has 0 amide bonds. The van der Waals surface area contributed by atoms with Gasteiger partial charge in [0, 0.05) is 4.90 Å². The van der Waals surface area contributed by atoms with Gasteiger partial charge < -0.3 is 5.11 Å². The van der Waals surface area contributed by atoms with Crippen LogP contribution in [0.3, 0.4) is 0 Å². The van der Waals surface area contributed by atoms with Gasteiger partial charge in [0.05, 0.1) is 0 Å². The summed E-state index contributed by atoms with van der Waals surface area (Å²) in [5.74, 6) is 0.361. The molecule has 17 heavy (non-hydrogen) atoms. The van der Waals surface area contributed by atoms with Gasteiger partial charge in [0.25, 0.3) is 0 Å². The van der Waals surface area contributed by atoms with E-state index < -0.39 is 0 Å². The van der Waals surface area contributed by atoms with Crippen molar-refractivity contribution in [1.82, 2.24) is 0 Å². The smallest absolute Gasteiger partial charge is 0.129 e. The zero-order valence-electron chi connectivity index (χ0n) is 9.47. The molecule has 1 N–H and O–H groups in total. The van der Waals surface area contributed by atoms with Crippen LogP contribution in [-0.2, 0) is 0 Å². The topological polar surface area (TPSA) is 20.2 Å². The molecule has 0 atom stereocenters. The molecule has 3 aromatic carbocycles. The van der Waals surface area contributed by atoms with Gasteiger partial charge in [0.1, 0.15) is 5.75 Å². The van der Waals surface area contributed by atoms with Gasteiger partial charge in [-0.3, -0.25) is 0 Å². The Bertz CT molecular complexity index is 704. The molecule has 0 radical (unpaired) electrons. The van der Waals surface area contributed by atoms with Gasteiger partial charge in [-0.15, -0.1) is 11.8 Å². The molecule has 1 nitrogen and oxygen atoms in total. The molecule has 0 bridgehead atoms. The Morgan fingerprint density at radius 1 is 0.882 bits per heavy atom. The van der Waals surface area contributed by atoms with Gasteiger partial charge in [0.15, 0.2) is 0 Å². The highest BCUT2D eigenvalue weighted by Crippen LogP contribution is 2.34. The molecule has 0 spiro atoms. The van der Waals surface area contributed by atoms with Gasteiger partial charge >= 0.3 is 0 Å². The number of hydrogen-bond donors (Lipinski definition) is 1. The second-order valence-electron chi connectivity index (χ2n) is 4.03. The lowest BCUT2D eigenvalue weighted by molar-refractivity contribution is 0.463. The van der Waals surface area contributed by atoms with Crippen LogP contribution in [0.4, 0.5) is 0 Å². The van der Waals surface area contributed by atoms with Crippen LogP contribution in [0.2, 0.25) is 0 Å². The average molecular weight is 240 g/mol. The highest BCUT2D eigenvalue weighted by atomic mass is 32.2. The molecule has 0 unspecified atom stereocenters. The van der Waals surface area contributed by atoms with Crippen molar-refractivity contribution in [3.8, 4) is 5.75 Å². The summed E-state index contributed by atoms with van der Waals surface area (Å²) in [6, 6.07) is 16.4. The van der Waals surface area contributed by atoms with Crippen LogP contribution in [0, 0.1) is 0 Å². The molecular weight excluding hydrogens is 228 g/mol. The van der Waals surface area contributed by atoms with Crippen molar-refractivity contribution >= 4 is 33.3 Å². The maximum absolute atomic E-state index is 9.86. The summed E-state index contributed by atoms with van der Waals surface area (Å²) in [4.78, 5) is 0.925. The molecule has 84 valence electrons. The van der Waals surface area contributed by atoms with Crippen LogP contribution < -0.4 is 0 Å². The van der Waals surface area contributed by atoms with E-state index in [0.29, 0.717) is 5.75 Å². The Hall–Kier alpha value is -1.67. The van der Waals surface area contributed by atoms with Crippen molar-refractivity contribution in [3.63, 3.8) is 0 Å². The summed E-state index contributed by atoms with van der Waals surface area (Å²) in [7, 11) is 0. The third kappa shape index (κ3) is 1.65. The number of phenolic OH excluding ortho intramolecular Hbond substituents is 1. The first-order valence-electron chi connectivity index (χ1n) is 5.48. The van der Waals surface area contributed by atoms with Gasteiger partial charge in [-0.1, -0.05) is 36.4 Å². The van der Waals surface area contributed by atoms with E-state index in [2.05, 4.69) is 30.3 Å². The molecule has 0 aromatic heterocycles. The first kappa shape index (κ1) is 10.5. The first-order valence-corrected chi connectivity index (χ1v) is 6.70. The minimum atomic E-state index is 0.361. The Morgan fingerprint density at radius 2 is 1.65 bits per heavy atom. The monoisotopic (exact) mass is 240 g/mol. The molecule has 2 heteroatoms. The van der Waals surface area contributed by atoms with Gasteiger partial charge in [-0.2, -0.15) is 0 Å². The van der Waals surface area contributed by atoms with Crippen molar-refractivity contribution in [2.75, 3.05) is 6.26 Å². The normalized spacial score (nSPS) is 11.1. The fourth-order valence-electron chi connectivity index (χ4n) is 2.19. The SMILES string of the molecule is CSc1cc2c(ccc3ccccc32)cc1O. The summed E-state index contributed by atoms with van der Waals surface area (Å²) >= 11 is 1.57. The molecule has 0 aliphatic heterocycles. The number of hydrogen-bond acceptors (Lipinski definition) is 2. The molecule has 0 fully saturated rings. The van der Waals surface area contributed by atoms with Crippen molar-refractivity contribution < 1.29 is 5.11 Å². The van der Waals surface area contributed by atoms with Crippen LogP contribution in [-0.4, -0.2) is 11.4 Å². The van der Waals surface area contributed by atoms with E-state index in [0.717, 1.165) is 10.3 Å². The van der Waals surface area contributed by atoms with E-state index in [1.807, 2.05) is 24.5 Å². The Balaban J connectivity index is 2.48. The fourth-order valence-corrected chi connectivity index (χ4v) is 2.69. The number of aromatic hydroxyl groups is 1. The van der Waals surface area contributed by atoms with E-state index in [4.69, 9.17) is 0 Å². The molecule has 0 heterocycles. The number of rotatable bonds is 1. The largest absolute Gasteiger partial charge is 0.507 e. The van der Waals surface area contributed by atoms with Crippen molar-refractivity contribution in [3.05, 3.63) is 48.5 Å². The van der Waals surface area contributed by atoms with Gasteiger partial charge in [0.2, 0.25) is 0 Å². The third-order valence-corrected chi connectivity index (χ3v) is 3.81. The second-order valence-corrected chi connectivity index (χ2v) is 4.88. The number of phenols is 1. The van der Waals surface area contributed by atoms with E-state index in [1.54, 1.807) is 11.8 Å². The Kier molecular flexibility index (Phi) is 2.45. The molecule has 3 rings (SSSR count). The summed E-state index contributed by atoms with van der Waals surface area (Å²) in [5.41, 5.74) is 0. The average Bonchev–Trinajstić information content (AvgIpc) is 2.37. The maximum atomic E-state index is 9.86. The standard InChI is InChI=1S/C15H12OS/c1-17-15-9-13-11(8-14(15)16)7-6-10-4-2-3-5-12(10)13/h2-9,16H,1H3. The first-order chi connectivity index (χ1) is 8.29. The number of benzene rings is 3. The van der Waals surface area contributed by atoms with Crippen LogP contribution in [0.15, 0.2) is 53.4 Å². The summed E-state index contributed by atoms with van der Waals surface area (Å²) in [6.07, 6.45) is 1.98.